The number of methoxy groups -OCH3 is 1. The molecular formula is C33H38FN5O4. The molecule has 9 nitrogen and oxygen atoms in total. The van der Waals surface area contributed by atoms with Crippen LogP contribution in [0.4, 0.5) is 10.1 Å². The molecule has 0 saturated heterocycles. The Hall–Kier alpha value is -4.57. The number of hydrogen-bond acceptors (Lipinski definition) is 7. The van der Waals surface area contributed by atoms with Crippen molar-refractivity contribution < 1.29 is 23.5 Å². The monoisotopic (exact) mass is 587 g/mol. The summed E-state index contributed by atoms with van der Waals surface area (Å²) in [6.07, 6.45) is 7.61. The predicted molar refractivity (Wildman–Crippen MR) is 166 cm³/mol. The van der Waals surface area contributed by atoms with E-state index >= 15 is 0 Å². The molecule has 0 spiro atoms. The van der Waals surface area contributed by atoms with E-state index in [1.807, 2.05) is 43.3 Å². The van der Waals surface area contributed by atoms with Crippen LogP contribution < -0.4 is 9.64 Å². The summed E-state index contributed by atoms with van der Waals surface area (Å²) >= 11 is 0. The van der Waals surface area contributed by atoms with Gasteiger partial charge in [-0.15, -0.1) is 0 Å². The number of esters is 1. The molecule has 1 amide bonds. The second kappa shape index (κ2) is 12.7. The van der Waals surface area contributed by atoms with Gasteiger partial charge in [-0.2, -0.15) is 4.39 Å². The average Bonchev–Trinajstić information content (AvgIpc) is 3.35. The third kappa shape index (κ3) is 7.26. The fraction of sp³-hybridized carbons (Fsp3) is 0.333. The fourth-order valence-electron chi connectivity index (χ4n) is 4.42. The Morgan fingerprint density at radius 2 is 1.79 bits per heavy atom. The van der Waals surface area contributed by atoms with E-state index in [2.05, 4.69) is 4.98 Å². The van der Waals surface area contributed by atoms with Gasteiger partial charge in [0.05, 0.1) is 12.5 Å². The molecule has 43 heavy (non-hydrogen) atoms. The highest BCUT2D eigenvalue weighted by Crippen LogP contribution is 2.37. The lowest BCUT2D eigenvalue weighted by Gasteiger charge is -2.22. The lowest BCUT2D eigenvalue weighted by Crippen LogP contribution is -2.26. The van der Waals surface area contributed by atoms with Gasteiger partial charge in [0, 0.05) is 72.6 Å². The van der Waals surface area contributed by atoms with E-state index in [4.69, 9.17) is 14.5 Å². The maximum atomic E-state index is 14.2. The van der Waals surface area contributed by atoms with Crippen LogP contribution in [-0.4, -0.2) is 66.1 Å². The summed E-state index contributed by atoms with van der Waals surface area (Å²) in [5.41, 5.74) is 3.35. The Morgan fingerprint density at radius 3 is 2.44 bits per heavy atom. The summed E-state index contributed by atoms with van der Waals surface area (Å²) in [5.74, 6) is -0.567. The van der Waals surface area contributed by atoms with Gasteiger partial charge in [0.15, 0.2) is 6.23 Å². The number of pyridine rings is 2. The predicted octanol–water partition coefficient (Wildman–Crippen LogP) is 6.10. The van der Waals surface area contributed by atoms with Gasteiger partial charge in [-0.3, -0.25) is 14.2 Å². The van der Waals surface area contributed by atoms with E-state index in [1.165, 1.54) is 12.3 Å². The van der Waals surface area contributed by atoms with Gasteiger partial charge in [0.2, 0.25) is 11.9 Å². The first-order valence-corrected chi connectivity index (χ1v) is 13.9. The van der Waals surface area contributed by atoms with E-state index in [1.54, 1.807) is 81.9 Å². The maximum Gasteiger partial charge on any atom is 0.313 e. The minimum atomic E-state index is -0.685. The van der Waals surface area contributed by atoms with Gasteiger partial charge in [-0.1, -0.05) is 6.08 Å². The molecule has 0 saturated carbocycles. The quantitative estimate of drug-likeness (QED) is 0.133. The normalized spacial score (nSPS) is 12.6. The molecular weight excluding hydrogens is 549 g/mol. The summed E-state index contributed by atoms with van der Waals surface area (Å²) in [5, 5.41) is 0.724. The molecule has 0 radical (unpaired) electrons. The number of hydrogen-bond donors (Lipinski definition) is 0. The first-order chi connectivity index (χ1) is 20.3. The number of ether oxygens (including phenoxy) is 2. The number of anilines is 1. The van der Waals surface area contributed by atoms with Crippen LogP contribution >= 0.6 is 0 Å². The summed E-state index contributed by atoms with van der Waals surface area (Å²) < 4.78 is 27.3. The molecule has 226 valence electrons. The Kier molecular flexibility index (Phi) is 9.30. The van der Waals surface area contributed by atoms with Crippen molar-refractivity contribution in [2.24, 2.45) is 5.41 Å². The molecule has 1 unspecified atom stereocenters. The Balaban J connectivity index is 1.81. The second-order valence-electron chi connectivity index (χ2n) is 11.6. The van der Waals surface area contributed by atoms with Gasteiger partial charge in [-0.25, -0.2) is 9.97 Å². The molecule has 1 atom stereocenters. The average molecular weight is 588 g/mol. The lowest BCUT2D eigenvalue weighted by molar-refractivity contribution is -0.162. The number of nitrogens with zero attached hydrogens (tertiary/aromatic N) is 5. The highest BCUT2D eigenvalue weighted by atomic mass is 19.1. The van der Waals surface area contributed by atoms with E-state index in [-0.39, 0.29) is 11.9 Å². The van der Waals surface area contributed by atoms with E-state index in [0.717, 1.165) is 16.5 Å². The van der Waals surface area contributed by atoms with Crippen LogP contribution in [0.1, 0.15) is 33.9 Å². The first kappa shape index (κ1) is 31.4. The van der Waals surface area contributed by atoms with E-state index in [9.17, 15) is 14.0 Å². The van der Waals surface area contributed by atoms with Gasteiger partial charge < -0.3 is 19.3 Å². The van der Waals surface area contributed by atoms with Gasteiger partial charge in [-0.05, 0) is 77.2 Å². The number of fused-ring (bicyclic) bond motifs is 1. The number of carbonyl (C=O) groups is 2. The van der Waals surface area contributed by atoms with Crippen LogP contribution in [0, 0.1) is 11.4 Å². The second-order valence-corrected chi connectivity index (χ2v) is 11.6. The number of aromatic nitrogens is 3. The van der Waals surface area contributed by atoms with Crippen LogP contribution in [0.2, 0.25) is 0 Å². The summed E-state index contributed by atoms with van der Waals surface area (Å²) in [6, 6.07) is 10.6. The van der Waals surface area contributed by atoms with Gasteiger partial charge >= 0.3 is 5.97 Å². The zero-order valence-corrected chi connectivity index (χ0v) is 25.9. The van der Waals surface area contributed by atoms with Crippen molar-refractivity contribution in [3.63, 3.8) is 0 Å². The molecule has 0 N–H and O–H groups in total. The number of likely N-dealkylation sites (N-methyl/N-ethyl adjacent to an activating group) is 2. The minimum Gasteiger partial charge on any atom is -0.497 e. The first-order valence-electron chi connectivity index (χ1n) is 13.9. The number of benzene rings is 1. The smallest absolute Gasteiger partial charge is 0.313 e. The van der Waals surface area contributed by atoms with Crippen molar-refractivity contribution in [2.75, 3.05) is 39.7 Å². The Labute approximate surface area is 251 Å². The standard InChI is InChI=1S/C33H38FN5O4/c1-21(43-32(41)33(2,3)4)39-20-28(22-11-12-35-29(34)17-22)27-16-24(19-36-31(27)39)23-14-25(18-26(15-23)42-8)38(7)30(40)10-9-13-37(5)6/h9-12,14-21H,13H2,1-8H3/b10-9+. The number of rotatable bonds is 9. The highest BCUT2D eigenvalue weighted by Gasteiger charge is 2.27. The Bertz CT molecular complexity index is 1670. The van der Waals surface area contributed by atoms with Crippen LogP contribution in [0.5, 0.6) is 5.75 Å². The van der Waals surface area contributed by atoms with Crippen molar-refractivity contribution in [3.05, 3.63) is 73.1 Å². The zero-order chi connectivity index (χ0) is 31.5. The van der Waals surface area contributed by atoms with Crippen molar-refractivity contribution in [1.29, 1.82) is 0 Å². The molecule has 10 heteroatoms. The molecule has 0 fully saturated rings. The number of halogens is 1. The van der Waals surface area contributed by atoms with Crippen LogP contribution in [-0.2, 0) is 14.3 Å². The third-order valence-electron chi connectivity index (χ3n) is 6.90. The lowest BCUT2D eigenvalue weighted by atomic mass is 9.97. The van der Waals surface area contributed by atoms with Crippen LogP contribution in [0.25, 0.3) is 33.3 Å². The molecule has 4 rings (SSSR count). The van der Waals surface area contributed by atoms with E-state index < -0.39 is 17.6 Å². The molecule has 0 aliphatic heterocycles. The maximum absolute atomic E-state index is 14.2. The minimum absolute atomic E-state index is 0.174. The third-order valence-corrected chi connectivity index (χ3v) is 6.90. The topological polar surface area (TPSA) is 89.8 Å². The van der Waals surface area contributed by atoms with Crippen molar-refractivity contribution in [3.8, 4) is 28.0 Å². The number of amides is 1. The SMILES string of the molecule is COc1cc(-c2cnc3c(c2)c(-c2ccnc(F)c2)cn3C(C)OC(=O)C(C)(C)C)cc(N(C)C(=O)/C=C/CN(C)C)c1. The highest BCUT2D eigenvalue weighted by molar-refractivity contribution is 6.02. The summed E-state index contributed by atoms with van der Waals surface area (Å²) in [4.78, 5) is 37.5. The summed E-state index contributed by atoms with van der Waals surface area (Å²) in [6.45, 7) is 7.78. The molecule has 1 aromatic carbocycles. The molecule has 3 aromatic heterocycles. The fourth-order valence-corrected chi connectivity index (χ4v) is 4.42. The summed E-state index contributed by atoms with van der Waals surface area (Å²) in [7, 11) is 7.14. The molecule has 3 heterocycles. The molecule has 4 aromatic rings. The largest absolute Gasteiger partial charge is 0.497 e. The van der Waals surface area contributed by atoms with Crippen LogP contribution in [0.15, 0.2) is 67.1 Å². The van der Waals surface area contributed by atoms with Crippen molar-refractivity contribution in [1.82, 2.24) is 19.4 Å². The molecule has 0 aliphatic carbocycles. The van der Waals surface area contributed by atoms with Gasteiger partial charge in [0.1, 0.15) is 11.4 Å². The molecule has 0 aliphatic rings. The Morgan fingerprint density at radius 1 is 1.05 bits per heavy atom. The van der Waals surface area contributed by atoms with Crippen LogP contribution in [0.3, 0.4) is 0 Å². The number of carbonyl (C=O) groups excluding carboxylic acids is 2. The van der Waals surface area contributed by atoms with E-state index in [0.29, 0.717) is 34.8 Å². The van der Waals surface area contributed by atoms with Gasteiger partial charge in [0.25, 0.3) is 0 Å². The van der Waals surface area contributed by atoms with Crippen molar-refractivity contribution >= 4 is 28.6 Å². The van der Waals surface area contributed by atoms with Crippen molar-refractivity contribution in [2.45, 2.75) is 33.9 Å². The molecule has 0 bridgehead atoms. The zero-order valence-electron chi connectivity index (χ0n) is 25.9.